The second-order valence-corrected chi connectivity index (χ2v) is 4.86. The quantitative estimate of drug-likeness (QED) is 0.725. The predicted molar refractivity (Wildman–Crippen MR) is 68.1 cm³/mol. The van der Waals surface area contributed by atoms with Crippen molar-refractivity contribution in [2.75, 3.05) is 25.6 Å². The van der Waals surface area contributed by atoms with Gasteiger partial charge < -0.3 is 10.6 Å². The second-order valence-electron chi connectivity index (χ2n) is 3.94. The molecule has 0 aliphatic heterocycles. The molecule has 15 heavy (non-hydrogen) atoms. The third-order valence-corrected chi connectivity index (χ3v) is 3.47. The topological polar surface area (TPSA) is 46.3 Å². The molecule has 0 bridgehead atoms. The van der Waals surface area contributed by atoms with Crippen molar-refractivity contribution in [2.24, 2.45) is 11.7 Å². The molecule has 2 N–H and O–H groups in total. The van der Waals surface area contributed by atoms with E-state index >= 15 is 0 Å². The number of nitrogens with zero attached hydrogens (tertiary/aromatic N) is 1. The lowest BCUT2D eigenvalue weighted by Crippen LogP contribution is -2.41. The van der Waals surface area contributed by atoms with E-state index in [1.807, 2.05) is 18.9 Å². The molecule has 0 heterocycles. The molecule has 90 valence electrons. The largest absolute Gasteiger partial charge is 0.342 e. The maximum atomic E-state index is 12.0. The lowest BCUT2D eigenvalue weighted by Gasteiger charge is -2.29. The molecule has 2 atom stereocenters. The molecule has 0 spiro atoms. The zero-order valence-corrected chi connectivity index (χ0v) is 11.1. The molecular formula is C11H24N2OS. The maximum absolute atomic E-state index is 12.0. The molecule has 0 saturated heterocycles. The highest BCUT2D eigenvalue weighted by atomic mass is 32.2. The summed E-state index contributed by atoms with van der Waals surface area (Å²) in [6.45, 7) is 4.66. The van der Waals surface area contributed by atoms with Crippen molar-refractivity contribution in [1.82, 2.24) is 4.90 Å². The highest BCUT2D eigenvalue weighted by Gasteiger charge is 2.22. The Bertz CT molecular complexity index is 187. The number of carbonyl (C=O) groups is 1. The molecule has 0 radical (unpaired) electrons. The number of thioether (sulfide) groups is 1. The molecule has 0 aliphatic rings. The number of amides is 1. The normalized spacial score (nSPS) is 14.7. The highest BCUT2D eigenvalue weighted by Crippen LogP contribution is 2.13. The second kappa shape index (κ2) is 7.99. The lowest BCUT2D eigenvalue weighted by atomic mass is 10.1. The van der Waals surface area contributed by atoms with E-state index < -0.39 is 0 Å². The maximum Gasteiger partial charge on any atom is 0.225 e. The van der Waals surface area contributed by atoms with E-state index in [2.05, 4.69) is 13.2 Å². The van der Waals surface area contributed by atoms with Gasteiger partial charge in [0.2, 0.25) is 5.91 Å². The third-order valence-electron chi connectivity index (χ3n) is 2.75. The van der Waals surface area contributed by atoms with Crippen LogP contribution in [0.25, 0.3) is 0 Å². The Hall–Kier alpha value is -0.220. The van der Waals surface area contributed by atoms with E-state index in [1.165, 1.54) is 0 Å². The van der Waals surface area contributed by atoms with Crippen molar-refractivity contribution < 1.29 is 4.79 Å². The molecule has 4 heteroatoms. The summed E-state index contributed by atoms with van der Waals surface area (Å²) in [7, 11) is 1.90. The Kier molecular flexibility index (Phi) is 7.88. The number of carbonyl (C=O) groups excluding carboxylic acids is 1. The standard InChI is InChI=1S/C11H24N2OS/c1-5-10(8-15-4)13(3)11(14)9(2)6-7-12/h9-10H,5-8,12H2,1-4H3. The first-order chi connectivity index (χ1) is 7.08. The smallest absolute Gasteiger partial charge is 0.225 e. The molecule has 0 aromatic rings. The molecule has 0 aromatic carbocycles. The van der Waals surface area contributed by atoms with Crippen molar-refractivity contribution in [1.29, 1.82) is 0 Å². The van der Waals surface area contributed by atoms with Gasteiger partial charge >= 0.3 is 0 Å². The minimum absolute atomic E-state index is 0.0518. The number of nitrogens with two attached hydrogens (primary N) is 1. The van der Waals surface area contributed by atoms with Crippen molar-refractivity contribution in [2.45, 2.75) is 32.7 Å². The van der Waals surface area contributed by atoms with E-state index in [9.17, 15) is 4.79 Å². The average molecular weight is 232 g/mol. The SMILES string of the molecule is CCC(CSC)N(C)C(=O)C(C)CCN. The minimum Gasteiger partial charge on any atom is -0.342 e. The van der Waals surface area contributed by atoms with Crippen LogP contribution in [0.1, 0.15) is 26.7 Å². The van der Waals surface area contributed by atoms with Crippen molar-refractivity contribution in [3.63, 3.8) is 0 Å². The Labute approximate surface area is 97.8 Å². The molecule has 0 aromatic heterocycles. The van der Waals surface area contributed by atoms with E-state index in [1.54, 1.807) is 11.8 Å². The van der Waals surface area contributed by atoms with Crippen molar-refractivity contribution in [3.8, 4) is 0 Å². The molecule has 1 amide bonds. The van der Waals surface area contributed by atoms with E-state index in [0.717, 1.165) is 18.6 Å². The van der Waals surface area contributed by atoms with Crippen LogP contribution < -0.4 is 5.73 Å². The van der Waals surface area contributed by atoms with Crippen molar-refractivity contribution in [3.05, 3.63) is 0 Å². The summed E-state index contributed by atoms with van der Waals surface area (Å²) in [5.41, 5.74) is 5.46. The fourth-order valence-corrected chi connectivity index (χ4v) is 2.44. The summed E-state index contributed by atoms with van der Waals surface area (Å²) in [5.74, 6) is 1.28. The monoisotopic (exact) mass is 232 g/mol. The van der Waals surface area contributed by atoms with Crippen LogP contribution in [0, 0.1) is 5.92 Å². The van der Waals surface area contributed by atoms with Crippen LogP contribution in [0.4, 0.5) is 0 Å². The van der Waals surface area contributed by atoms with Gasteiger partial charge in [0.25, 0.3) is 0 Å². The summed E-state index contributed by atoms with van der Waals surface area (Å²) >= 11 is 1.79. The predicted octanol–water partition coefficient (Wildman–Crippen LogP) is 1.57. The van der Waals surface area contributed by atoms with Gasteiger partial charge in [0.15, 0.2) is 0 Å². The van der Waals surface area contributed by atoms with Gasteiger partial charge in [-0.05, 0) is 25.6 Å². The highest BCUT2D eigenvalue weighted by molar-refractivity contribution is 7.98. The first-order valence-corrected chi connectivity index (χ1v) is 6.93. The summed E-state index contributed by atoms with van der Waals surface area (Å²) in [4.78, 5) is 13.9. The molecule has 0 saturated carbocycles. The van der Waals surface area contributed by atoms with Gasteiger partial charge in [0, 0.05) is 24.8 Å². The van der Waals surface area contributed by atoms with Gasteiger partial charge in [0.1, 0.15) is 0 Å². The molecule has 0 fully saturated rings. The summed E-state index contributed by atoms with van der Waals surface area (Å²) in [5, 5.41) is 0. The van der Waals surface area contributed by atoms with Crippen LogP contribution >= 0.6 is 11.8 Å². The van der Waals surface area contributed by atoms with Crippen LogP contribution in [0.2, 0.25) is 0 Å². The van der Waals surface area contributed by atoms with E-state index in [4.69, 9.17) is 5.73 Å². The van der Waals surface area contributed by atoms with Crippen molar-refractivity contribution >= 4 is 17.7 Å². The van der Waals surface area contributed by atoms with Crippen LogP contribution in [0.15, 0.2) is 0 Å². The fourth-order valence-electron chi connectivity index (χ4n) is 1.60. The van der Waals surface area contributed by atoms with Gasteiger partial charge in [-0.1, -0.05) is 13.8 Å². The van der Waals surface area contributed by atoms with Crippen LogP contribution in [0.3, 0.4) is 0 Å². The molecule has 0 aliphatic carbocycles. The fraction of sp³-hybridized carbons (Fsp3) is 0.909. The zero-order chi connectivity index (χ0) is 11.8. The van der Waals surface area contributed by atoms with E-state index in [-0.39, 0.29) is 11.8 Å². The van der Waals surface area contributed by atoms with Gasteiger partial charge in [-0.2, -0.15) is 11.8 Å². The summed E-state index contributed by atoms with van der Waals surface area (Å²) in [6, 6.07) is 0.354. The number of rotatable bonds is 7. The van der Waals surface area contributed by atoms with E-state index in [0.29, 0.717) is 12.6 Å². The zero-order valence-electron chi connectivity index (χ0n) is 10.3. The first-order valence-electron chi connectivity index (χ1n) is 5.54. The molecule has 3 nitrogen and oxygen atoms in total. The molecule has 2 unspecified atom stereocenters. The first kappa shape index (κ1) is 14.8. The third kappa shape index (κ3) is 4.89. The van der Waals surface area contributed by atoms with Gasteiger partial charge in [-0.15, -0.1) is 0 Å². The minimum atomic E-state index is 0.0518. The Morgan fingerprint density at radius 3 is 2.53 bits per heavy atom. The Balaban J connectivity index is 4.26. The van der Waals surface area contributed by atoms with Gasteiger partial charge in [-0.25, -0.2) is 0 Å². The lowest BCUT2D eigenvalue weighted by molar-refractivity contribution is -0.135. The summed E-state index contributed by atoms with van der Waals surface area (Å²) in [6.07, 6.45) is 3.86. The van der Waals surface area contributed by atoms with Crippen LogP contribution in [0.5, 0.6) is 0 Å². The van der Waals surface area contributed by atoms with Crippen LogP contribution in [-0.2, 0) is 4.79 Å². The van der Waals surface area contributed by atoms with Gasteiger partial charge in [0.05, 0.1) is 0 Å². The van der Waals surface area contributed by atoms with Gasteiger partial charge in [-0.3, -0.25) is 4.79 Å². The van der Waals surface area contributed by atoms with Crippen LogP contribution in [-0.4, -0.2) is 42.4 Å². The summed E-state index contributed by atoms with van der Waals surface area (Å²) < 4.78 is 0. The number of hydrogen-bond donors (Lipinski definition) is 1. The molecule has 0 rings (SSSR count). The Morgan fingerprint density at radius 1 is 1.53 bits per heavy atom. The molecular weight excluding hydrogens is 208 g/mol. The Morgan fingerprint density at radius 2 is 2.13 bits per heavy atom. The number of hydrogen-bond acceptors (Lipinski definition) is 3. The average Bonchev–Trinajstić information content (AvgIpc) is 2.24.